The summed E-state index contributed by atoms with van der Waals surface area (Å²) in [6.07, 6.45) is 2.38. The lowest BCUT2D eigenvalue weighted by molar-refractivity contribution is -0.143. The first-order valence-corrected chi connectivity index (χ1v) is 7.88. The predicted molar refractivity (Wildman–Crippen MR) is 77.1 cm³/mol. The van der Waals surface area contributed by atoms with Gasteiger partial charge < -0.3 is 10.0 Å². The molecule has 0 aliphatic carbocycles. The van der Waals surface area contributed by atoms with Crippen molar-refractivity contribution in [3.8, 4) is 0 Å². The van der Waals surface area contributed by atoms with Crippen LogP contribution in [0.1, 0.15) is 54.5 Å². The fourth-order valence-electron chi connectivity index (χ4n) is 2.31. The zero-order valence-electron chi connectivity index (χ0n) is 11.8. The standard InChI is InChI=1S/C14H20N2O3S/c1-3-9(2)12-15-11(8-20-12)13(17)16-6-4-5-10(7-16)14(18)19/h8-10H,3-7H2,1-2H3,(H,18,19). The second-order valence-electron chi connectivity index (χ2n) is 5.31. The molecule has 1 aromatic heterocycles. The van der Waals surface area contributed by atoms with Gasteiger partial charge in [-0.1, -0.05) is 13.8 Å². The molecule has 1 amide bonds. The second-order valence-corrected chi connectivity index (χ2v) is 6.20. The highest BCUT2D eigenvalue weighted by Gasteiger charge is 2.29. The lowest BCUT2D eigenvalue weighted by Crippen LogP contribution is -2.42. The Balaban J connectivity index is 2.07. The largest absolute Gasteiger partial charge is 0.481 e. The number of carbonyl (C=O) groups excluding carboxylic acids is 1. The maximum atomic E-state index is 12.4. The van der Waals surface area contributed by atoms with Crippen molar-refractivity contribution in [1.82, 2.24) is 9.88 Å². The van der Waals surface area contributed by atoms with Gasteiger partial charge >= 0.3 is 5.97 Å². The minimum Gasteiger partial charge on any atom is -0.481 e. The van der Waals surface area contributed by atoms with Crippen LogP contribution in [0.3, 0.4) is 0 Å². The van der Waals surface area contributed by atoms with E-state index in [-0.39, 0.29) is 5.91 Å². The Bertz CT molecular complexity index is 500. The van der Waals surface area contributed by atoms with E-state index in [1.165, 1.54) is 11.3 Å². The zero-order valence-corrected chi connectivity index (χ0v) is 12.7. The van der Waals surface area contributed by atoms with E-state index >= 15 is 0 Å². The summed E-state index contributed by atoms with van der Waals surface area (Å²) in [5, 5.41) is 11.8. The topological polar surface area (TPSA) is 70.5 Å². The fraction of sp³-hybridized carbons (Fsp3) is 0.643. The summed E-state index contributed by atoms with van der Waals surface area (Å²) < 4.78 is 0. The van der Waals surface area contributed by atoms with Crippen LogP contribution in [0.5, 0.6) is 0 Å². The van der Waals surface area contributed by atoms with Crippen molar-refractivity contribution < 1.29 is 14.7 Å². The van der Waals surface area contributed by atoms with Gasteiger partial charge in [-0.05, 0) is 19.3 Å². The van der Waals surface area contributed by atoms with Crippen molar-refractivity contribution in [2.75, 3.05) is 13.1 Å². The SMILES string of the molecule is CCC(C)c1nc(C(=O)N2CCCC(C(=O)O)C2)cs1. The summed E-state index contributed by atoms with van der Waals surface area (Å²) in [5.41, 5.74) is 0.455. The molecule has 1 aliphatic heterocycles. The molecule has 1 fully saturated rings. The van der Waals surface area contributed by atoms with Gasteiger partial charge in [0.05, 0.1) is 10.9 Å². The molecular formula is C14H20N2O3S. The Kier molecular flexibility index (Phi) is 4.75. The monoisotopic (exact) mass is 296 g/mol. The highest BCUT2D eigenvalue weighted by atomic mass is 32.1. The van der Waals surface area contributed by atoms with E-state index in [9.17, 15) is 9.59 Å². The van der Waals surface area contributed by atoms with Crippen LogP contribution in [0.25, 0.3) is 0 Å². The van der Waals surface area contributed by atoms with Gasteiger partial charge in [-0.2, -0.15) is 0 Å². The number of hydrogen-bond acceptors (Lipinski definition) is 4. The number of carboxylic acids is 1. The first-order chi connectivity index (χ1) is 9.52. The third-order valence-corrected chi connectivity index (χ3v) is 4.91. The Labute approximate surface area is 122 Å². The molecule has 6 heteroatoms. The summed E-state index contributed by atoms with van der Waals surface area (Å²) in [7, 11) is 0. The van der Waals surface area contributed by atoms with Gasteiger partial charge in [-0.3, -0.25) is 9.59 Å². The van der Waals surface area contributed by atoms with Crippen molar-refractivity contribution in [1.29, 1.82) is 0 Å². The molecule has 0 bridgehead atoms. The Hall–Kier alpha value is -1.43. The van der Waals surface area contributed by atoms with E-state index in [4.69, 9.17) is 5.11 Å². The van der Waals surface area contributed by atoms with Crippen LogP contribution in [0.15, 0.2) is 5.38 Å². The molecule has 0 radical (unpaired) electrons. The Morgan fingerprint density at radius 2 is 2.35 bits per heavy atom. The molecule has 2 atom stereocenters. The van der Waals surface area contributed by atoms with E-state index in [1.807, 2.05) is 0 Å². The van der Waals surface area contributed by atoms with Crippen LogP contribution >= 0.6 is 11.3 Å². The lowest BCUT2D eigenvalue weighted by Gasteiger charge is -2.30. The molecule has 20 heavy (non-hydrogen) atoms. The Morgan fingerprint density at radius 3 is 3.00 bits per heavy atom. The number of carboxylic acid groups (broad SMARTS) is 1. The number of amides is 1. The van der Waals surface area contributed by atoms with Gasteiger partial charge in [-0.15, -0.1) is 11.3 Å². The van der Waals surface area contributed by atoms with Crippen LogP contribution < -0.4 is 0 Å². The third-order valence-electron chi connectivity index (χ3n) is 3.83. The normalized spacial score (nSPS) is 20.7. The molecule has 2 unspecified atom stereocenters. The van der Waals surface area contributed by atoms with Gasteiger partial charge in [0.25, 0.3) is 5.91 Å². The first kappa shape index (κ1) is 15.0. The molecule has 0 aromatic carbocycles. The van der Waals surface area contributed by atoms with E-state index in [2.05, 4.69) is 18.8 Å². The van der Waals surface area contributed by atoms with E-state index in [0.717, 1.165) is 17.8 Å². The zero-order chi connectivity index (χ0) is 14.7. The van der Waals surface area contributed by atoms with E-state index in [1.54, 1.807) is 10.3 Å². The molecule has 0 spiro atoms. The number of aliphatic carboxylic acids is 1. The number of nitrogens with zero attached hydrogens (tertiary/aromatic N) is 2. The summed E-state index contributed by atoms with van der Waals surface area (Å²) in [4.78, 5) is 29.4. The molecule has 5 nitrogen and oxygen atoms in total. The van der Waals surface area contributed by atoms with Crippen molar-refractivity contribution >= 4 is 23.2 Å². The number of thiazole rings is 1. The molecule has 1 saturated heterocycles. The highest BCUT2D eigenvalue weighted by molar-refractivity contribution is 7.09. The number of rotatable bonds is 4. The number of aromatic nitrogens is 1. The van der Waals surface area contributed by atoms with Crippen molar-refractivity contribution in [3.63, 3.8) is 0 Å². The van der Waals surface area contributed by atoms with Crippen LogP contribution in [0.2, 0.25) is 0 Å². The fourth-order valence-corrected chi connectivity index (χ4v) is 3.25. The summed E-state index contributed by atoms with van der Waals surface area (Å²) in [6, 6.07) is 0. The number of piperidine rings is 1. The maximum absolute atomic E-state index is 12.4. The average Bonchev–Trinajstić information content (AvgIpc) is 2.95. The minimum atomic E-state index is -0.818. The van der Waals surface area contributed by atoms with Crippen LogP contribution in [-0.2, 0) is 4.79 Å². The molecule has 1 N–H and O–H groups in total. The molecule has 0 saturated carbocycles. The molecule has 110 valence electrons. The smallest absolute Gasteiger partial charge is 0.308 e. The van der Waals surface area contributed by atoms with Gasteiger partial charge in [0.2, 0.25) is 0 Å². The van der Waals surface area contributed by atoms with E-state index in [0.29, 0.717) is 31.1 Å². The number of likely N-dealkylation sites (tertiary alicyclic amines) is 1. The van der Waals surface area contributed by atoms with Gasteiger partial charge in [-0.25, -0.2) is 4.98 Å². The minimum absolute atomic E-state index is 0.137. The third kappa shape index (κ3) is 3.17. The van der Waals surface area contributed by atoms with Crippen molar-refractivity contribution in [2.45, 2.75) is 39.0 Å². The molecule has 1 aromatic rings. The van der Waals surface area contributed by atoms with Crippen LogP contribution in [-0.4, -0.2) is 40.0 Å². The number of hydrogen-bond donors (Lipinski definition) is 1. The molecule has 1 aliphatic rings. The number of carbonyl (C=O) groups is 2. The van der Waals surface area contributed by atoms with Crippen molar-refractivity contribution in [2.24, 2.45) is 5.92 Å². The van der Waals surface area contributed by atoms with Gasteiger partial charge in [0.1, 0.15) is 5.69 Å². The second kappa shape index (κ2) is 6.35. The maximum Gasteiger partial charge on any atom is 0.308 e. The van der Waals surface area contributed by atoms with Crippen LogP contribution in [0, 0.1) is 5.92 Å². The van der Waals surface area contributed by atoms with Gasteiger partial charge in [0.15, 0.2) is 0 Å². The highest BCUT2D eigenvalue weighted by Crippen LogP contribution is 2.24. The first-order valence-electron chi connectivity index (χ1n) is 7.00. The van der Waals surface area contributed by atoms with Crippen molar-refractivity contribution in [3.05, 3.63) is 16.1 Å². The predicted octanol–water partition coefficient (Wildman–Crippen LogP) is 2.59. The average molecular weight is 296 g/mol. The molecule has 2 rings (SSSR count). The van der Waals surface area contributed by atoms with E-state index < -0.39 is 11.9 Å². The Morgan fingerprint density at radius 1 is 1.60 bits per heavy atom. The molecule has 2 heterocycles. The summed E-state index contributed by atoms with van der Waals surface area (Å²) >= 11 is 1.51. The quantitative estimate of drug-likeness (QED) is 0.927. The lowest BCUT2D eigenvalue weighted by atomic mass is 9.98. The summed E-state index contributed by atoms with van der Waals surface area (Å²) in [5.74, 6) is -1.04. The van der Waals surface area contributed by atoms with Gasteiger partial charge in [0, 0.05) is 24.4 Å². The van der Waals surface area contributed by atoms with Crippen LogP contribution in [0.4, 0.5) is 0 Å². The molecular weight excluding hydrogens is 276 g/mol. The summed E-state index contributed by atoms with van der Waals surface area (Å²) in [6.45, 7) is 5.10.